The van der Waals surface area contributed by atoms with E-state index < -0.39 is 34.9 Å². The zero-order valence-corrected chi connectivity index (χ0v) is 25.5. The molecule has 0 radical (unpaired) electrons. The number of alkyl carbamates (subject to hydrolysis) is 1. The summed E-state index contributed by atoms with van der Waals surface area (Å²) in [4.78, 5) is 43.1. The summed E-state index contributed by atoms with van der Waals surface area (Å²) < 4.78 is 5.50. The van der Waals surface area contributed by atoms with Gasteiger partial charge in [0.05, 0.1) is 0 Å². The number of carbonyl (C=O) groups excluding carboxylic acids is 3. The third-order valence-corrected chi connectivity index (χ3v) is 6.73. The van der Waals surface area contributed by atoms with Crippen molar-refractivity contribution < 1.29 is 19.1 Å². The first kappa shape index (κ1) is 32.5. The molecule has 0 aliphatic carbocycles. The van der Waals surface area contributed by atoms with Gasteiger partial charge >= 0.3 is 6.09 Å². The van der Waals surface area contributed by atoms with Crippen LogP contribution in [-0.2, 0) is 14.3 Å². The van der Waals surface area contributed by atoms with Crippen LogP contribution < -0.4 is 10.6 Å². The molecule has 3 atom stereocenters. The highest BCUT2D eigenvalue weighted by atomic mass is 16.6. The van der Waals surface area contributed by atoms with Crippen molar-refractivity contribution in [3.8, 4) is 0 Å². The number of hydrogen-bond donors (Lipinski definition) is 2. The van der Waals surface area contributed by atoms with Crippen molar-refractivity contribution in [1.29, 1.82) is 0 Å². The average Bonchev–Trinajstić information content (AvgIpc) is 2.73. The number of carbonyl (C=O) groups is 3. The normalized spacial score (nSPS) is 14.8. The van der Waals surface area contributed by atoms with Gasteiger partial charge in [0.25, 0.3) is 0 Å². The SMILES string of the molecule is CCC(C)C(NC(=O)OC(C)(C)C)C(=O)N(C(C(=O)NC(C)(C)C)c1c(C)cccc1C)C(C)(C)CC. The first-order valence-electron chi connectivity index (χ1n) is 13.5. The van der Waals surface area contributed by atoms with Crippen molar-refractivity contribution >= 4 is 17.9 Å². The molecule has 0 fully saturated rings. The fourth-order valence-corrected chi connectivity index (χ4v) is 4.29. The van der Waals surface area contributed by atoms with E-state index in [0.29, 0.717) is 12.8 Å². The second-order valence-corrected chi connectivity index (χ2v) is 12.8. The third kappa shape index (κ3) is 9.04. The van der Waals surface area contributed by atoms with Crippen LogP contribution in [0.5, 0.6) is 0 Å². The molecule has 0 saturated carbocycles. The van der Waals surface area contributed by atoms with E-state index in [1.165, 1.54) is 0 Å². The lowest BCUT2D eigenvalue weighted by atomic mass is 9.86. The van der Waals surface area contributed by atoms with Crippen LogP contribution in [0, 0.1) is 19.8 Å². The maximum Gasteiger partial charge on any atom is 0.408 e. The molecule has 0 bridgehead atoms. The Morgan fingerprint density at radius 3 is 1.86 bits per heavy atom. The van der Waals surface area contributed by atoms with Crippen molar-refractivity contribution in [2.45, 2.75) is 132 Å². The molecule has 3 unspecified atom stereocenters. The van der Waals surface area contributed by atoms with Crippen LogP contribution in [0.4, 0.5) is 4.79 Å². The van der Waals surface area contributed by atoms with E-state index in [9.17, 15) is 14.4 Å². The largest absolute Gasteiger partial charge is 0.444 e. The second-order valence-electron chi connectivity index (χ2n) is 12.8. The molecule has 0 aromatic heterocycles. The number of amides is 3. The molecule has 2 N–H and O–H groups in total. The molecule has 0 saturated heterocycles. The van der Waals surface area contributed by atoms with Crippen molar-refractivity contribution in [3.63, 3.8) is 0 Å². The van der Waals surface area contributed by atoms with Crippen LogP contribution >= 0.6 is 0 Å². The molecule has 3 amide bonds. The van der Waals surface area contributed by atoms with Gasteiger partial charge in [0.2, 0.25) is 11.8 Å². The van der Waals surface area contributed by atoms with Crippen molar-refractivity contribution in [1.82, 2.24) is 15.5 Å². The lowest BCUT2D eigenvalue weighted by Crippen LogP contribution is -2.61. The van der Waals surface area contributed by atoms with Gasteiger partial charge < -0.3 is 20.3 Å². The van der Waals surface area contributed by atoms with Crippen LogP contribution in [0.1, 0.15) is 112 Å². The summed E-state index contributed by atoms with van der Waals surface area (Å²) in [7, 11) is 0. The minimum atomic E-state index is -0.880. The van der Waals surface area contributed by atoms with Gasteiger partial charge in [0.1, 0.15) is 17.7 Å². The summed E-state index contributed by atoms with van der Waals surface area (Å²) >= 11 is 0. The molecule has 0 aliphatic rings. The zero-order valence-electron chi connectivity index (χ0n) is 25.5. The van der Waals surface area contributed by atoms with Crippen molar-refractivity contribution in [2.75, 3.05) is 0 Å². The molecule has 0 aliphatic heterocycles. The predicted molar refractivity (Wildman–Crippen MR) is 150 cm³/mol. The zero-order chi connectivity index (χ0) is 28.9. The summed E-state index contributed by atoms with van der Waals surface area (Å²) in [5, 5.41) is 5.95. The lowest BCUT2D eigenvalue weighted by Gasteiger charge is -2.46. The van der Waals surface area contributed by atoms with Crippen molar-refractivity contribution in [3.05, 3.63) is 34.9 Å². The summed E-state index contributed by atoms with van der Waals surface area (Å²) in [5.74, 6) is -0.733. The maximum atomic E-state index is 14.5. The number of hydrogen-bond acceptors (Lipinski definition) is 4. The first-order valence-corrected chi connectivity index (χ1v) is 13.5. The van der Waals surface area contributed by atoms with Gasteiger partial charge in [-0.15, -0.1) is 0 Å². The molecular formula is C30H51N3O4. The van der Waals surface area contributed by atoms with Gasteiger partial charge in [-0.25, -0.2) is 4.79 Å². The highest BCUT2D eigenvalue weighted by Crippen LogP contribution is 2.36. The number of ether oxygens (including phenoxy) is 1. The fourth-order valence-electron chi connectivity index (χ4n) is 4.29. The fraction of sp³-hybridized carbons (Fsp3) is 0.700. The topological polar surface area (TPSA) is 87.7 Å². The Balaban J connectivity index is 3.82. The van der Waals surface area contributed by atoms with Gasteiger partial charge in [-0.1, -0.05) is 45.4 Å². The molecule has 0 heterocycles. The van der Waals surface area contributed by atoms with E-state index in [0.717, 1.165) is 16.7 Å². The highest BCUT2D eigenvalue weighted by Gasteiger charge is 2.45. The van der Waals surface area contributed by atoms with E-state index in [2.05, 4.69) is 10.6 Å². The quantitative estimate of drug-likeness (QED) is 0.407. The Morgan fingerprint density at radius 1 is 0.946 bits per heavy atom. The monoisotopic (exact) mass is 517 g/mol. The molecule has 1 rings (SSSR count). The predicted octanol–water partition coefficient (Wildman–Crippen LogP) is 6.22. The molecule has 0 spiro atoms. The molecule has 1 aromatic carbocycles. The van der Waals surface area contributed by atoms with Gasteiger partial charge in [-0.3, -0.25) is 9.59 Å². The summed E-state index contributed by atoms with van der Waals surface area (Å²) in [6.07, 6.45) is 0.625. The Morgan fingerprint density at radius 2 is 1.46 bits per heavy atom. The van der Waals surface area contributed by atoms with E-state index in [-0.39, 0.29) is 17.7 Å². The third-order valence-electron chi connectivity index (χ3n) is 6.73. The van der Waals surface area contributed by atoms with E-state index in [4.69, 9.17) is 4.74 Å². The van der Waals surface area contributed by atoms with Crippen molar-refractivity contribution in [2.24, 2.45) is 5.92 Å². The number of nitrogens with zero attached hydrogens (tertiary/aromatic N) is 1. The molecule has 1 aromatic rings. The van der Waals surface area contributed by atoms with E-state index in [1.807, 2.05) is 87.4 Å². The number of nitrogens with one attached hydrogen (secondary N) is 2. The van der Waals surface area contributed by atoms with E-state index >= 15 is 0 Å². The Kier molecular flexibility index (Phi) is 10.8. The van der Waals surface area contributed by atoms with Gasteiger partial charge in [0, 0.05) is 11.1 Å². The minimum Gasteiger partial charge on any atom is -0.444 e. The van der Waals surface area contributed by atoms with Crippen LogP contribution in [0.2, 0.25) is 0 Å². The van der Waals surface area contributed by atoms with Crippen LogP contribution in [0.15, 0.2) is 18.2 Å². The Bertz CT molecular complexity index is 936. The minimum absolute atomic E-state index is 0.181. The number of benzene rings is 1. The molecule has 7 nitrogen and oxygen atoms in total. The second kappa shape index (κ2) is 12.3. The molecular weight excluding hydrogens is 466 g/mol. The van der Waals surface area contributed by atoms with Gasteiger partial charge in [-0.2, -0.15) is 0 Å². The lowest BCUT2D eigenvalue weighted by molar-refractivity contribution is -0.151. The maximum absolute atomic E-state index is 14.5. The average molecular weight is 518 g/mol. The number of rotatable bonds is 9. The summed E-state index contributed by atoms with van der Waals surface area (Å²) in [6.45, 7) is 24.9. The summed E-state index contributed by atoms with van der Waals surface area (Å²) in [6, 6.07) is 4.14. The highest BCUT2D eigenvalue weighted by molar-refractivity contribution is 5.93. The van der Waals surface area contributed by atoms with Gasteiger partial charge in [-0.05, 0) is 98.3 Å². The Labute approximate surface area is 225 Å². The Hall–Kier alpha value is -2.57. The molecule has 7 heteroatoms. The van der Waals surface area contributed by atoms with Crippen LogP contribution in [0.25, 0.3) is 0 Å². The van der Waals surface area contributed by atoms with Crippen LogP contribution in [0.3, 0.4) is 0 Å². The van der Waals surface area contributed by atoms with Crippen LogP contribution in [-0.4, -0.2) is 45.5 Å². The summed E-state index contributed by atoms with van der Waals surface area (Å²) in [5.41, 5.74) is 0.773. The molecule has 210 valence electrons. The molecule has 37 heavy (non-hydrogen) atoms. The van der Waals surface area contributed by atoms with Gasteiger partial charge in [0.15, 0.2) is 0 Å². The standard InChI is InChI=1S/C30H51N3O4/c1-14-19(3)23(31-27(36)37-29(9,10)11)26(35)33(30(12,13)15-2)24(25(34)32-28(6,7)8)22-20(4)17-16-18-21(22)5/h16-19,23-24H,14-15H2,1-13H3,(H,31,36)(H,32,34). The smallest absolute Gasteiger partial charge is 0.408 e. The number of aryl methyl sites for hydroxylation is 2. The first-order chi connectivity index (χ1) is 16.8. The van der Waals surface area contributed by atoms with E-state index in [1.54, 1.807) is 25.7 Å².